The number of pyridine rings is 1. The molecule has 112 valence electrons. The van der Waals surface area contributed by atoms with Gasteiger partial charge >= 0.3 is 0 Å². The van der Waals surface area contributed by atoms with E-state index in [-0.39, 0.29) is 0 Å². The van der Waals surface area contributed by atoms with Gasteiger partial charge in [0.05, 0.1) is 0 Å². The zero-order valence-corrected chi connectivity index (χ0v) is 14.0. The van der Waals surface area contributed by atoms with E-state index in [1.54, 1.807) is 0 Å². The summed E-state index contributed by atoms with van der Waals surface area (Å²) in [5.41, 5.74) is 4.24. The highest BCUT2D eigenvalue weighted by Crippen LogP contribution is 2.22. The summed E-state index contributed by atoms with van der Waals surface area (Å²) in [4.78, 5) is 0. The minimum absolute atomic E-state index is 0.419. The number of benzene rings is 1. The van der Waals surface area contributed by atoms with Crippen LogP contribution in [-0.4, -0.2) is 0 Å². The lowest BCUT2D eigenvalue weighted by Gasteiger charge is -2.15. The highest BCUT2D eigenvalue weighted by atomic mass is 15.0. The van der Waals surface area contributed by atoms with Gasteiger partial charge in [-0.15, -0.1) is 0 Å². The Hall–Kier alpha value is -1.63. The summed E-state index contributed by atoms with van der Waals surface area (Å²) in [5.74, 6) is 1.12. The highest BCUT2D eigenvalue weighted by Gasteiger charge is 2.21. The summed E-state index contributed by atoms with van der Waals surface area (Å²) < 4.78 is 2.42. The summed E-state index contributed by atoms with van der Waals surface area (Å²) in [6, 6.07) is 13.6. The smallest absolute Gasteiger partial charge is 0.183 e. The van der Waals surface area contributed by atoms with E-state index in [0.29, 0.717) is 17.9 Å². The predicted molar refractivity (Wildman–Crippen MR) is 89.7 cm³/mol. The SMILES string of the molecule is CCC(c1ccccc1)[n+]1cc(C(C)C)cc(C(C)C)c1. The molecule has 1 heterocycles. The van der Waals surface area contributed by atoms with E-state index in [1.807, 2.05) is 0 Å². The van der Waals surface area contributed by atoms with E-state index in [2.05, 4.69) is 88.0 Å². The van der Waals surface area contributed by atoms with E-state index < -0.39 is 0 Å². The van der Waals surface area contributed by atoms with Crippen molar-refractivity contribution in [2.45, 2.75) is 58.9 Å². The van der Waals surface area contributed by atoms with Crippen molar-refractivity contribution >= 4 is 0 Å². The first-order valence-corrected chi connectivity index (χ1v) is 8.13. The number of hydrogen-bond acceptors (Lipinski definition) is 0. The van der Waals surface area contributed by atoms with Crippen LogP contribution < -0.4 is 4.57 Å². The van der Waals surface area contributed by atoms with Gasteiger partial charge in [-0.3, -0.25) is 0 Å². The Morgan fingerprint density at radius 2 is 1.33 bits per heavy atom. The molecule has 0 spiro atoms. The lowest BCUT2D eigenvalue weighted by molar-refractivity contribution is -0.714. The maximum atomic E-state index is 2.42. The van der Waals surface area contributed by atoms with Gasteiger partial charge in [0, 0.05) is 23.1 Å². The van der Waals surface area contributed by atoms with Crippen molar-refractivity contribution in [3.63, 3.8) is 0 Å². The van der Waals surface area contributed by atoms with Gasteiger partial charge in [0.1, 0.15) is 0 Å². The van der Waals surface area contributed by atoms with Gasteiger partial charge in [-0.1, -0.05) is 65.0 Å². The quantitative estimate of drug-likeness (QED) is 0.662. The van der Waals surface area contributed by atoms with Crippen LogP contribution in [-0.2, 0) is 0 Å². The fourth-order valence-electron chi connectivity index (χ4n) is 2.75. The maximum absolute atomic E-state index is 2.42. The minimum Gasteiger partial charge on any atom is -0.198 e. The molecule has 0 saturated heterocycles. The molecule has 2 aromatic rings. The highest BCUT2D eigenvalue weighted by molar-refractivity contribution is 5.22. The third-order valence-corrected chi connectivity index (χ3v) is 4.19. The fourth-order valence-corrected chi connectivity index (χ4v) is 2.75. The monoisotopic (exact) mass is 282 g/mol. The normalized spacial score (nSPS) is 12.9. The first-order valence-electron chi connectivity index (χ1n) is 8.13. The molecule has 0 aliphatic carbocycles. The molecular formula is C20H28N+. The molecule has 0 N–H and O–H groups in total. The Kier molecular flexibility index (Phi) is 5.17. The molecule has 1 nitrogen and oxygen atoms in total. The molecule has 1 aromatic heterocycles. The zero-order chi connectivity index (χ0) is 15.4. The van der Waals surface area contributed by atoms with Gasteiger partial charge in [0.15, 0.2) is 18.4 Å². The van der Waals surface area contributed by atoms with Crippen LogP contribution in [0.5, 0.6) is 0 Å². The van der Waals surface area contributed by atoms with Crippen LogP contribution in [0, 0.1) is 0 Å². The third kappa shape index (κ3) is 3.72. The molecule has 0 saturated carbocycles. The summed E-state index contributed by atoms with van der Waals surface area (Å²) in [6.07, 6.45) is 5.77. The zero-order valence-electron chi connectivity index (χ0n) is 14.0. The second-order valence-corrected chi connectivity index (χ2v) is 6.49. The van der Waals surface area contributed by atoms with E-state index in [1.165, 1.54) is 16.7 Å². The largest absolute Gasteiger partial charge is 0.198 e. The molecule has 0 radical (unpaired) electrons. The molecule has 0 fully saturated rings. The molecule has 1 aromatic carbocycles. The predicted octanol–water partition coefficient (Wildman–Crippen LogP) is 5.22. The van der Waals surface area contributed by atoms with Gasteiger partial charge in [-0.2, -0.15) is 4.57 Å². The number of hydrogen-bond donors (Lipinski definition) is 0. The van der Waals surface area contributed by atoms with Gasteiger partial charge in [-0.25, -0.2) is 0 Å². The van der Waals surface area contributed by atoms with Crippen molar-refractivity contribution in [1.29, 1.82) is 0 Å². The summed E-state index contributed by atoms with van der Waals surface area (Å²) in [5, 5.41) is 0. The van der Waals surface area contributed by atoms with Crippen molar-refractivity contribution in [3.05, 3.63) is 65.5 Å². The Bertz CT molecular complexity index is 543. The van der Waals surface area contributed by atoms with Gasteiger partial charge in [0.25, 0.3) is 0 Å². The fraction of sp³-hybridized carbons (Fsp3) is 0.450. The van der Waals surface area contributed by atoms with E-state index in [4.69, 9.17) is 0 Å². The van der Waals surface area contributed by atoms with Crippen LogP contribution in [0.2, 0.25) is 0 Å². The van der Waals surface area contributed by atoms with E-state index in [9.17, 15) is 0 Å². The van der Waals surface area contributed by atoms with Crippen LogP contribution in [0.4, 0.5) is 0 Å². The molecule has 1 atom stereocenters. The summed E-state index contributed by atoms with van der Waals surface area (Å²) in [7, 11) is 0. The van der Waals surface area contributed by atoms with Crippen molar-refractivity contribution < 1.29 is 4.57 Å². The standard InChI is InChI=1S/C20H28N/c1-6-20(17-10-8-7-9-11-17)21-13-18(15(2)3)12-19(14-21)16(4)5/h7-16,20H,6H2,1-5H3/q+1. The Morgan fingerprint density at radius 3 is 1.76 bits per heavy atom. The molecule has 1 heteroatoms. The molecular weight excluding hydrogens is 254 g/mol. The molecule has 1 unspecified atom stereocenters. The molecule has 2 rings (SSSR count). The topological polar surface area (TPSA) is 3.88 Å². The second kappa shape index (κ2) is 6.89. The summed E-state index contributed by atoms with van der Waals surface area (Å²) in [6.45, 7) is 11.3. The Morgan fingerprint density at radius 1 is 0.810 bits per heavy atom. The van der Waals surface area contributed by atoms with Crippen LogP contribution >= 0.6 is 0 Å². The van der Waals surface area contributed by atoms with Crippen LogP contribution in [0.1, 0.15) is 75.6 Å². The van der Waals surface area contributed by atoms with E-state index >= 15 is 0 Å². The number of nitrogens with zero attached hydrogens (tertiary/aromatic N) is 1. The van der Waals surface area contributed by atoms with Gasteiger partial charge < -0.3 is 0 Å². The summed E-state index contributed by atoms with van der Waals surface area (Å²) >= 11 is 0. The molecule has 21 heavy (non-hydrogen) atoms. The van der Waals surface area contributed by atoms with E-state index in [0.717, 1.165) is 6.42 Å². The molecule has 0 bridgehead atoms. The van der Waals surface area contributed by atoms with Crippen molar-refractivity contribution in [2.75, 3.05) is 0 Å². The lowest BCUT2D eigenvalue weighted by atomic mass is 9.97. The second-order valence-electron chi connectivity index (χ2n) is 6.49. The Labute approximate surface area is 129 Å². The van der Waals surface area contributed by atoms with Crippen molar-refractivity contribution in [3.8, 4) is 0 Å². The first-order chi connectivity index (χ1) is 10.0. The first kappa shape index (κ1) is 15.8. The maximum Gasteiger partial charge on any atom is 0.183 e. The third-order valence-electron chi connectivity index (χ3n) is 4.19. The van der Waals surface area contributed by atoms with Gasteiger partial charge in [-0.05, 0) is 17.9 Å². The Balaban J connectivity index is 2.50. The van der Waals surface area contributed by atoms with Crippen LogP contribution in [0.15, 0.2) is 48.8 Å². The number of rotatable bonds is 5. The molecule has 0 amide bonds. The van der Waals surface area contributed by atoms with Crippen LogP contribution in [0.25, 0.3) is 0 Å². The van der Waals surface area contributed by atoms with Gasteiger partial charge in [0.2, 0.25) is 0 Å². The number of aromatic nitrogens is 1. The lowest BCUT2D eigenvalue weighted by Crippen LogP contribution is -2.40. The van der Waals surface area contributed by atoms with Crippen LogP contribution in [0.3, 0.4) is 0 Å². The molecule has 0 aliphatic rings. The van der Waals surface area contributed by atoms with Crippen molar-refractivity contribution in [2.24, 2.45) is 0 Å². The average Bonchev–Trinajstić information content (AvgIpc) is 2.48. The minimum atomic E-state index is 0.419. The average molecular weight is 282 g/mol. The molecule has 0 aliphatic heterocycles. The van der Waals surface area contributed by atoms with Crippen molar-refractivity contribution in [1.82, 2.24) is 0 Å².